The van der Waals surface area contributed by atoms with Crippen molar-refractivity contribution in [1.82, 2.24) is 16.0 Å². The fourth-order valence-electron chi connectivity index (χ4n) is 2.19. The molecule has 0 atom stereocenters. The van der Waals surface area contributed by atoms with Gasteiger partial charge in [0.25, 0.3) is 0 Å². The highest BCUT2D eigenvalue weighted by molar-refractivity contribution is 14.0. The number of amides is 1. The molecule has 0 aliphatic carbocycles. The van der Waals surface area contributed by atoms with E-state index >= 15 is 0 Å². The predicted octanol–water partition coefficient (Wildman–Crippen LogP) is 3.33. The summed E-state index contributed by atoms with van der Waals surface area (Å²) in [7, 11) is 1.70. The molecular formula is C19H24ClIN4O. The van der Waals surface area contributed by atoms with Crippen molar-refractivity contribution < 1.29 is 4.79 Å². The lowest BCUT2D eigenvalue weighted by Crippen LogP contribution is -2.38. The van der Waals surface area contributed by atoms with Crippen LogP contribution in [0.15, 0.2) is 59.6 Å². The summed E-state index contributed by atoms with van der Waals surface area (Å²) in [6.07, 6.45) is 0.383. The molecule has 0 aromatic heterocycles. The van der Waals surface area contributed by atoms with Gasteiger partial charge in [-0.25, -0.2) is 0 Å². The van der Waals surface area contributed by atoms with Gasteiger partial charge in [-0.1, -0.05) is 54.1 Å². The zero-order valence-electron chi connectivity index (χ0n) is 14.7. The Morgan fingerprint density at radius 1 is 0.923 bits per heavy atom. The zero-order chi connectivity index (χ0) is 17.9. The summed E-state index contributed by atoms with van der Waals surface area (Å²) in [6, 6.07) is 17.5. The number of carbonyl (C=O) groups is 1. The first-order valence-corrected chi connectivity index (χ1v) is 8.55. The molecule has 2 rings (SSSR count). The van der Waals surface area contributed by atoms with Crippen LogP contribution < -0.4 is 16.0 Å². The molecule has 0 fully saturated rings. The summed E-state index contributed by atoms with van der Waals surface area (Å²) in [4.78, 5) is 16.0. The highest BCUT2D eigenvalue weighted by Gasteiger charge is 2.03. The van der Waals surface area contributed by atoms with Crippen LogP contribution in [0.2, 0.25) is 5.02 Å². The molecule has 2 aromatic rings. The molecule has 26 heavy (non-hydrogen) atoms. The summed E-state index contributed by atoms with van der Waals surface area (Å²) in [5, 5.41) is 9.95. The van der Waals surface area contributed by atoms with Gasteiger partial charge < -0.3 is 16.0 Å². The summed E-state index contributed by atoms with van der Waals surface area (Å²) in [6.45, 7) is 1.70. The van der Waals surface area contributed by atoms with Crippen molar-refractivity contribution in [2.24, 2.45) is 4.99 Å². The van der Waals surface area contributed by atoms with Gasteiger partial charge in [-0.3, -0.25) is 9.79 Å². The molecule has 0 spiro atoms. The normalized spacial score (nSPS) is 10.6. The van der Waals surface area contributed by atoms with Crippen LogP contribution in [0.5, 0.6) is 0 Å². The van der Waals surface area contributed by atoms with Crippen molar-refractivity contribution in [2.45, 2.75) is 19.5 Å². The lowest BCUT2D eigenvalue weighted by atomic mass is 10.2. The van der Waals surface area contributed by atoms with Gasteiger partial charge in [0.15, 0.2) is 5.96 Å². The van der Waals surface area contributed by atoms with Crippen LogP contribution in [0.25, 0.3) is 0 Å². The third kappa shape index (κ3) is 8.53. The Hall–Kier alpha value is -1.80. The Kier molecular flexibility index (Phi) is 10.7. The van der Waals surface area contributed by atoms with E-state index in [-0.39, 0.29) is 29.9 Å². The minimum atomic E-state index is 0. The van der Waals surface area contributed by atoms with Crippen molar-refractivity contribution in [3.8, 4) is 0 Å². The Balaban J connectivity index is 0.00000338. The molecule has 0 aliphatic heterocycles. The van der Waals surface area contributed by atoms with Crippen LogP contribution in [-0.4, -0.2) is 25.5 Å². The van der Waals surface area contributed by atoms with Crippen LogP contribution in [0.4, 0.5) is 0 Å². The van der Waals surface area contributed by atoms with Crippen LogP contribution in [0.3, 0.4) is 0 Å². The van der Waals surface area contributed by atoms with Gasteiger partial charge in [0.1, 0.15) is 0 Å². The molecule has 0 aliphatic rings. The lowest BCUT2D eigenvalue weighted by Gasteiger charge is -2.12. The van der Waals surface area contributed by atoms with Gasteiger partial charge in [-0.15, -0.1) is 24.0 Å². The second kappa shape index (κ2) is 12.5. The standard InChI is InChI=1S/C19H23ClN4O.HI/c1-21-19(24-14-16-7-9-17(20)10-8-16)22-12-11-18(25)23-13-15-5-3-2-4-6-15;/h2-10H,11-14H2,1H3,(H,23,25)(H2,21,22,24);1H. The van der Waals surface area contributed by atoms with Gasteiger partial charge in [0, 0.05) is 38.1 Å². The maximum Gasteiger partial charge on any atom is 0.222 e. The van der Waals surface area contributed by atoms with E-state index < -0.39 is 0 Å². The van der Waals surface area contributed by atoms with Crippen molar-refractivity contribution in [1.29, 1.82) is 0 Å². The highest BCUT2D eigenvalue weighted by atomic mass is 127. The van der Waals surface area contributed by atoms with Crippen molar-refractivity contribution in [3.05, 3.63) is 70.7 Å². The van der Waals surface area contributed by atoms with Gasteiger partial charge >= 0.3 is 0 Å². The molecule has 2 aromatic carbocycles. The molecule has 0 heterocycles. The summed E-state index contributed by atoms with van der Waals surface area (Å²) in [5.74, 6) is 0.662. The summed E-state index contributed by atoms with van der Waals surface area (Å²) < 4.78 is 0. The number of benzene rings is 2. The second-order valence-electron chi connectivity index (χ2n) is 5.49. The molecule has 3 N–H and O–H groups in total. The van der Waals surface area contributed by atoms with E-state index in [1.165, 1.54) is 0 Å². The van der Waals surface area contributed by atoms with Gasteiger partial charge in [-0.05, 0) is 23.3 Å². The number of carbonyl (C=O) groups excluding carboxylic acids is 1. The maximum atomic E-state index is 11.9. The van der Waals surface area contributed by atoms with E-state index in [1.54, 1.807) is 7.05 Å². The number of rotatable bonds is 7. The minimum absolute atomic E-state index is 0. The Morgan fingerprint density at radius 3 is 2.19 bits per heavy atom. The number of hydrogen-bond donors (Lipinski definition) is 3. The van der Waals surface area contributed by atoms with E-state index in [2.05, 4.69) is 20.9 Å². The van der Waals surface area contributed by atoms with Crippen LogP contribution >= 0.6 is 35.6 Å². The number of nitrogens with one attached hydrogen (secondary N) is 3. The Morgan fingerprint density at radius 2 is 1.54 bits per heavy atom. The number of aliphatic imine (C=N–C) groups is 1. The van der Waals surface area contributed by atoms with Crippen LogP contribution in [-0.2, 0) is 17.9 Å². The second-order valence-corrected chi connectivity index (χ2v) is 5.93. The molecule has 140 valence electrons. The SMILES string of the molecule is CN=C(NCCC(=O)NCc1ccccc1)NCc1ccc(Cl)cc1.I. The van der Waals surface area contributed by atoms with E-state index in [4.69, 9.17) is 11.6 Å². The highest BCUT2D eigenvalue weighted by Crippen LogP contribution is 2.08. The molecule has 0 radical (unpaired) electrons. The quantitative estimate of drug-likeness (QED) is 0.320. The third-order valence-corrected chi connectivity index (χ3v) is 3.83. The number of guanidine groups is 1. The zero-order valence-corrected chi connectivity index (χ0v) is 17.8. The average Bonchev–Trinajstić information content (AvgIpc) is 2.65. The predicted molar refractivity (Wildman–Crippen MR) is 118 cm³/mol. The smallest absolute Gasteiger partial charge is 0.222 e. The number of hydrogen-bond acceptors (Lipinski definition) is 2. The van der Waals surface area contributed by atoms with Crippen molar-refractivity contribution in [3.63, 3.8) is 0 Å². The molecule has 1 amide bonds. The largest absolute Gasteiger partial charge is 0.356 e. The molecular weight excluding hydrogens is 463 g/mol. The van der Waals surface area contributed by atoms with E-state index in [0.29, 0.717) is 37.0 Å². The number of nitrogens with zero attached hydrogens (tertiary/aromatic N) is 1. The van der Waals surface area contributed by atoms with Crippen molar-refractivity contribution >= 4 is 47.4 Å². The van der Waals surface area contributed by atoms with Gasteiger partial charge in [0.2, 0.25) is 5.91 Å². The summed E-state index contributed by atoms with van der Waals surface area (Å²) >= 11 is 5.87. The molecule has 0 unspecified atom stereocenters. The average molecular weight is 487 g/mol. The molecule has 0 bridgehead atoms. The maximum absolute atomic E-state index is 11.9. The molecule has 5 nitrogen and oxygen atoms in total. The Bertz CT molecular complexity index is 692. The van der Waals surface area contributed by atoms with Crippen molar-refractivity contribution in [2.75, 3.05) is 13.6 Å². The first kappa shape index (κ1) is 22.2. The first-order valence-electron chi connectivity index (χ1n) is 8.17. The Labute approximate surface area is 176 Å². The molecule has 7 heteroatoms. The monoisotopic (exact) mass is 486 g/mol. The minimum Gasteiger partial charge on any atom is -0.356 e. The first-order chi connectivity index (χ1) is 12.2. The molecule has 0 saturated carbocycles. The topological polar surface area (TPSA) is 65.5 Å². The fourth-order valence-corrected chi connectivity index (χ4v) is 2.31. The molecule has 0 saturated heterocycles. The third-order valence-electron chi connectivity index (χ3n) is 3.57. The van der Waals surface area contributed by atoms with Gasteiger partial charge in [0.05, 0.1) is 0 Å². The fraction of sp³-hybridized carbons (Fsp3) is 0.263. The lowest BCUT2D eigenvalue weighted by molar-refractivity contribution is -0.121. The van der Waals surface area contributed by atoms with E-state index in [0.717, 1.165) is 11.1 Å². The summed E-state index contributed by atoms with van der Waals surface area (Å²) in [5.41, 5.74) is 2.19. The van der Waals surface area contributed by atoms with E-state index in [1.807, 2.05) is 54.6 Å². The number of halogens is 2. The van der Waals surface area contributed by atoms with E-state index in [9.17, 15) is 4.79 Å². The van der Waals surface area contributed by atoms with Crippen LogP contribution in [0, 0.1) is 0 Å². The van der Waals surface area contributed by atoms with Gasteiger partial charge in [-0.2, -0.15) is 0 Å². The van der Waals surface area contributed by atoms with Crippen LogP contribution in [0.1, 0.15) is 17.5 Å².